The zero-order valence-corrected chi connectivity index (χ0v) is 15.3. The van der Waals surface area contributed by atoms with Crippen LogP contribution in [-0.4, -0.2) is 18.9 Å². The van der Waals surface area contributed by atoms with E-state index in [4.69, 9.17) is 9.73 Å². The number of carbonyl (C=O) groups excluding carboxylic acids is 1. The summed E-state index contributed by atoms with van der Waals surface area (Å²) in [6, 6.07) is 21.6. The van der Waals surface area contributed by atoms with E-state index in [0.29, 0.717) is 17.8 Å². The lowest BCUT2D eigenvalue weighted by Crippen LogP contribution is -2.30. The van der Waals surface area contributed by atoms with E-state index in [2.05, 4.69) is 17.4 Å². The maximum Gasteiger partial charge on any atom is 0.256 e. The summed E-state index contributed by atoms with van der Waals surface area (Å²) in [6.07, 6.45) is 0.538. The van der Waals surface area contributed by atoms with Gasteiger partial charge in [0.25, 0.3) is 5.91 Å². The Morgan fingerprint density at radius 1 is 1.00 bits per heavy atom. The third-order valence-corrected chi connectivity index (χ3v) is 4.71. The number of amidine groups is 1. The van der Waals surface area contributed by atoms with Gasteiger partial charge < -0.3 is 10.1 Å². The number of aryl methyl sites for hydroxylation is 1. The van der Waals surface area contributed by atoms with Gasteiger partial charge in [-0.1, -0.05) is 48.0 Å². The Morgan fingerprint density at radius 3 is 2.44 bits per heavy atom. The number of rotatable bonds is 3. The van der Waals surface area contributed by atoms with E-state index < -0.39 is 0 Å². The Labute approximate surface area is 158 Å². The average molecular weight is 356 g/mol. The van der Waals surface area contributed by atoms with Crippen LogP contribution in [0.3, 0.4) is 0 Å². The molecule has 1 aliphatic rings. The van der Waals surface area contributed by atoms with E-state index in [1.165, 1.54) is 0 Å². The van der Waals surface area contributed by atoms with Gasteiger partial charge in [-0.2, -0.15) is 0 Å². The summed E-state index contributed by atoms with van der Waals surface area (Å²) in [5.74, 6) is 1.27. The summed E-state index contributed by atoms with van der Waals surface area (Å²) in [4.78, 5) is 17.3. The lowest BCUT2D eigenvalue weighted by molar-refractivity contribution is 0.0976. The molecular formula is C23H20N2O2. The number of carbonyl (C=O) groups is 1. The molecule has 0 spiro atoms. The lowest BCUT2D eigenvalue weighted by atomic mass is 9.99. The van der Waals surface area contributed by atoms with Crippen LogP contribution in [0.4, 0.5) is 5.69 Å². The quantitative estimate of drug-likeness (QED) is 0.740. The predicted molar refractivity (Wildman–Crippen MR) is 108 cm³/mol. The molecule has 4 heteroatoms. The van der Waals surface area contributed by atoms with E-state index in [9.17, 15) is 4.79 Å². The summed E-state index contributed by atoms with van der Waals surface area (Å²) < 4.78 is 5.51. The monoisotopic (exact) mass is 356 g/mol. The van der Waals surface area contributed by atoms with Crippen molar-refractivity contribution in [2.75, 3.05) is 7.11 Å². The molecule has 0 aromatic heterocycles. The second kappa shape index (κ2) is 7.08. The van der Waals surface area contributed by atoms with Gasteiger partial charge in [0, 0.05) is 23.1 Å². The second-order valence-corrected chi connectivity index (χ2v) is 6.56. The molecule has 3 aromatic rings. The number of methoxy groups -OCH3 is 1. The third kappa shape index (κ3) is 3.34. The molecule has 27 heavy (non-hydrogen) atoms. The van der Waals surface area contributed by atoms with Crippen molar-refractivity contribution in [3.05, 3.63) is 83.4 Å². The van der Waals surface area contributed by atoms with E-state index in [0.717, 1.165) is 33.7 Å². The normalized spacial score (nSPS) is 12.3. The van der Waals surface area contributed by atoms with Crippen LogP contribution < -0.4 is 10.1 Å². The van der Waals surface area contributed by atoms with Gasteiger partial charge in [-0.3, -0.25) is 4.79 Å². The van der Waals surface area contributed by atoms with E-state index in [1.54, 1.807) is 7.11 Å². The zero-order valence-electron chi connectivity index (χ0n) is 15.3. The first kappa shape index (κ1) is 17.0. The van der Waals surface area contributed by atoms with Crippen molar-refractivity contribution < 1.29 is 9.53 Å². The number of hydrogen-bond acceptors (Lipinski definition) is 3. The van der Waals surface area contributed by atoms with Gasteiger partial charge in [0.1, 0.15) is 11.6 Å². The molecule has 0 aliphatic carbocycles. The standard InChI is InChI=1S/C23H20N2O2/c1-15-8-10-17(11-9-15)23(26)25-21-14-19-20(27-2)13-12-18(22(19)24-21)16-6-4-3-5-7-16/h3-13H,14H2,1-2H3,(H,24,25,26). The van der Waals surface area contributed by atoms with Crippen LogP contribution in [0, 0.1) is 6.92 Å². The van der Waals surface area contributed by atoms with Crippen molar-refractivity contribution in [2.45, 2.75) is 13.3 Å². The zero-order chi connectivity index (χ0) is 18.8. The fraction of sp³-hybridized carbons (Fsp3) is 0.130. The van der Waals surface area contributed by atoms with E-state index in [-0.39, 0.29) is 5.91 Å². The van der Waals surface area contributed by atoms with Gasteiger partial charge in [0.05, 0.1) is 12.8 Å². The van der Waals surface area contributed by atoms with Crippen LogP contribution in [0.25, 0.3) is 11.1 Å². The van der Waals surface area contributed by atoms with Crippen LogP contribution in [0.1, 0.15) is 21.5 Å². The van der Waals surface area contributed by atoms with E-state index >= 15 is 0 Å². The maximum absolute atomic E-state index is 12.5. The number of nitrogens with zero attached hydrogens (tertiary/aromatic N) is 1. The number of amides is 1. The largest absolute Gasteiger partial charge is 0.496 e. The highest BCUT2D eigenvalue weighted by Gasteiger charge is 2.24. The van der Waals surface area contributed by atoms with Gasteiger partial charge in [-0.05, 0) is 36.8 Å². The molecule has 0 unspecified atom stereocenters. The van der Waals surface area contributed by atoms with Crippen molar-refractivity contribution in [3.8, 4) is 16.9 Å². The highest BCUT2D eigenvalue weighted by Crippen LogP contribution is 2.42. The predicted octanol–water partition coefficient (Wildman–Crippen LogP) is 4.69. The molecule has 0 atom stereocenters. The Bertz CT molecular complexity index is 1020. The average Bonchev–Trinajstić information content (AvgIpc) is 3.11. The van der Waals surface area contributed by atoms with Crippen LogP contribution in [0.2, 0.25) is 0 Å². The molecule has 0 bridgehead atoms. The van der Waals surface area contributed by atoms with Crippen molar-refractivity contribution >= 4 is 17.4 Å². The molecule has 4 rings (SSSR count). The summed E-state index contributed by atoms with van der Waals surface area (Å²) in [6.45, 7) is 2.00. The highest BCUT2D eigenvalue weighted by molar-refractivity contribution is 6.10. The molecule has 1 aliphatic heterocycles. The number of aliphatic imine (C=N–C) groups is 1. The van der Waals surface area contributed by atoms with Gasteiger partial charge in [-0.15, -0.1) is 0 Å². The minimum Gasteiger partial charge on any atom is -0.496 e. The molecule has 0 fully saturated rings. The minimum atomic E-state index is -0.151. The van der Waals surface area contributed by atoms with Gasteiger partial charge >= 0.3 is 0 Å². The number of fused-ring (bicyclic) bond motifs is 1. The van der Waals surface area contributed by atoms with Crippen LogP contribution >= 0.6 is 0 Å². The number of hydrogen-bond donors (Lipinski definition) is 1. The number of nitrogens with one attached hydrogen (secondary N) is 1. The maximum atomic E-state index is 12.5. The molecule has 0 radical (unpaired) electrons. The third-order valence-electron chi connectivity index (χ3n) is 4.71. The molecule has 4 nitrogen and oxygen atoms in total. The topological polar surface area (TPSA) is 50.7 Å². The van der Waals surface area contributed by atoms with Gasteiger partial charge in [-0.25, -0.2) is 4.99 Å². The fourth-order valence-corrected chi connectivity index (χ4v) is 3.28. The Hall–Kier alpha value is -3.40. The summed E-state index contributed by atoms with van der Waals surface area (Å²) >= 11 is 0. The van der Waals surface area contributed by atoms with Crippen LogP contribution in [0.5, 0.6) is 5.75 Å². The first-order valence-electron chi connectivity index (χ1n) is 8.86. The van der Waals surface area contributed by atoms with Gasteiger partial charge in [0.2, 0.25) is 0 Å². The molecule has 0 saturated heterocycles. The van der Waals surface area contributed by atoms with E-state index in [1.807, 2.05) is 61.5 Å². The smallest absolute Gasteiger partial charge is 0.256 e. The summed E-state index contributed by atoms with van der Waals surface area (Å²) in [7, 11) is 1.65. The molecule has 1 heterocycles. The van der Waals surface area contributed by atoms with Gasteiger partial charge in [0.15, 0.2) is 0 Å². The van der Waals surface area contributed by atoms with Crippen molar-refractivity contribution in [3.63, 3.8) is 0 Å². The Morgan fingerprint density at radius 2 is 1.74 bits per heavy atom. The Balaban J connectivity index is 1.66. The number of ether oxygens (including phenoxy) is 1. The first-order valence-corrected chi connectivity index (χ1v) is 8.86. The molecule has 3 aromatic carbocycles. The molecule has 134 valence electrons. The minimum absolute atomic E-state index is 0.151. The summed E-state index contributed by atoms with van der Waals surface area (Å²) in [5.41, 5.74) is 5.72. The highest BCUT2D eigenvalue weighted by atomic mass is 16.5. The second-order valence-electron chi connectivity index (χ2n) is 6.56. The number of benzene rings is 3. The molecule has 1 amide bonds. The first-order chi connectivity index (χ1) is 13.2. The van der Waals surface area contributed by atoms with Crippen LogP contribution in [0.15, 0.2) is 71.7 Å². The van der Waals surface area contributed by atoms with Crippen molar-refractivity contribution in [1.82, 2.24) is 5.32 Å². The summed E-state index contributed by atoms with van der Waals surface area (Å²) in [5, 5.41) is 2.95. The molecule has 1 N–H and O–H groups in total. The molecular weight excluding hydrogens is 336 g/mol. The fourth-order valence-electron chi connectivity index (χ4n) is 3.28. The lowest BCUT2D eigenvalue weighted by Gasteiger charge is -2.10. The Kier molecular flexibility index (Phi) is 4.47. The molecule has 0 saturated carbocycles. The van der Waals surface area contributed by atoms with Crippen molar-refractivity contribution in [2.24, 2.45) is 4.99 Å². The SMILES string of the molecule is COc1ccc(-c2ccccc2)c2c1CC(NC(=O)c1ccc(C)cc1)=N2. The van der Waals surface area contributed by atoms with Crippen molar-refractivity contribution in [1.29, 1.82) is 0 Å². The van der Waals surface area contributed by atoms with Crippen LogP contribution in [-0.2, 0) is 6.42 Å².